The number of fused-ring (bicyclic) bond motifs is 2. The highest BCUT2D eigenvalue weighted by atomic mass is 19.1. The van der Waals surface area contributed by atoms with Gasteiger partial charge in [0.2, 0.25) is 0 Å². The molecule has 1 saturated heterocycles. The van der Waals surface area contributed by atoms with Gasteiger partial charge in [0.1, 0.15) is 11.6 Å². The first kappa shape index (κ1) is 22.0. The summed E-state index contributed by atoms with van der Waals surface area (Å²) in [6.45, 7) is 3.34. The molecule has 2 aromatic rings. The number of hydrogen-bond donors (Lipinski definition) is 1. The van der Waals surface area contributed by atoms with Crippen molar-refractivity contribution in [2.45, 2.75) is 50.7 Å². The number of ether oxygens (including phenoxy) is 1. The van der Waals surface area contributed by atoms with Crippen molar-refractivity contribution in [2.24, 2.45) is 0 Å². The minimum absolute atomic E-state index is 0.0489. The fourth-order valence-corrected chi connectivity index (χ4v) is 5.76. The molecule has 0 saturated carbocycles. The Bertz CT molecular complexity index is 1130. The van der Waals surface area contributed by atoms with Crippen LogP contribution in [-0.4, -0.2) is 41.3 Å². The molecule has 6 heteroatoms. The predicted molar refractivity (Wildman–Crippen MR) is 123 cm³/mol. The zero-order valence-electron chi connectivity index (χ0n) is 18.6. The Morgan fingerprint density at radius 1 is 1.24 bits per heavy atom. The van der Waals surface area contributed by atoms with Crippen LogP contribution in [0.5, 0.6) is 0 Å². The van der Waals surface area contributed by atoms with E-state index in [2.05, 4.69) is 24.0 Å². The van der Waals surface area contributed by atoms with Crippen molar-refractivity contribution in [1.82, 2.24) is 4.90 Å². The quantitative estimate of drug-likeness (QED) is 0.620. The Morgan fingerprint density at radius 2 is 2.00 bits per heavy atom. The van der Waals surface area contributed by atoms with Crippen molar-refractivity contribution in [3.63, 3.8) is 0 Å². The molecule has 1 N–H and O–H groups in total. The molecule has 4 nitrogen and oxygen atoms in total. The lowest BCUT2D eigenvalue weighted by Gasteiger charge is -2.46. The molecule has 33 heavy (non-hydrogen) atoms. The maximum Gasteiger partial charge on any atom is 0.328 e. The van der Waals surface area contributed by atoms with Gasteiger partial charge in [-0.25, -0.2) is 13.6 Å². The summed E-state index contributed by atoms with van der Waals surface area (Å²) in [5.41, 5.74) is 4.92. The molecule has 2 aliphatic heterocycles. The summed E-state index contributed by atoms with van der Waals surface area (Å²) in [5, 5.41) is 8.87. The van der Waals surface area contributed by atoms with Crippen molar-refractivity contribution in [3.05, 3.63) is 81.9 Å². The lowest BCUT2D eigenvalue weighted by molar-refractivity contribution is -0.131. The number of nitrogens with zero attached hydrogens (tertiary/aromatic N) is 1. The highest BCUT2D eigenvalue weighted by Gasteiger charge is 2.45. The van der Waals surface area contributed by atoms with E-state index in [4.69, 9.17) is 9.84 Å². The molecule has 1 aliphatic carbocycles. The van der Waals surface area contributed by atoms with Gasteiger partial charge in [-0.3, -0.25) is 4.90 Å². The molecule has 0 aromatic heterocycles. The van der Waals surface area contributed by atoms with Crippen LogP contribution in [0.3, 0.4) is 0 Å². The van der Waals surface area contributed by atoms with Gasteiger partial charge < -0.3 is 9.84 Å². The average molecular weight is 452 g/mol. The van der Waals surface area contributed by atoms with E-state index in [9.17, 15) is 4.79 Å². The van der Waals surface area contributed by atoms with E-state index in [1.807, 2.05) is 12.1 Å². The number of carboxylic acids is 1. The second kappa shape index (κ2) is 8.84. The number of benzene rings is 2. The lowest BCUT2D eigenvalue weighted by atomic mass is 9.82. The van der Waals surface area contributed by atoms with E-state index in [1.54, 1.807) is 0 Å². The highest BCUT2D eigenvalue weighted by Crippen LogP contribution is 2.51. The van der Waals surface area contributed by atoms with Gasteiger partial charge >= 0.3 is 5.97 Å². The summed E-state index contributed by atoms with van der Waals surface area (Å²) in [6, 6.07) is 10.4. The van der Waals surface area contributed by atoms with E-state index < -0.39 is 23.6 Å². The van der Waals surface area contributed by atoms with Crippen LogP contribution in [0.25, 0.3) is 11.6 Å². The van der Waals surface area contributed by atoms with Crippen molar-refractivity contribution in [2.75, 3.05) is 13.2 Å². The number of aliphatic carboxylic acids is 1. The van der Waals surface area contributed by atoms with Crippen LogP contribution in [0.15, 0.2) is 48.0 Å². The van der Waals surface area contributed by atoms with Crippen molar-refractivity contribution in [3.8, 4) is 0 Å². The standard InChI is InChI=1S/C27H27F2NO3/c1-2-18-14-21-20-6-4-3-5-17(20)13-22(21)27(30(18)19-9-10-33-15-19)26-23(28)11-16(12-24(26)29)7-8-25(31)32/h3-8,11-12,18-19,27H,2,9-10,13-15H2,1H3,(H,31,32)/b8-7+/t18-,19-,27+/m1/s1. The van der Waals surface area contributed by atoms with Gasteiger partial charge in [-0.05, 0) is 71.7 Å². The van der Waals surface area contributed by atoms with Gasteiger partial charge in [0.15, 0.2) is 0 Å². The fourth-order valence-electron chi connectivity index (χ4n) is 5.76. The maximum absolute atomic E-state index is 15.6. The molecule has 0 spiro atoms. The smallest absolute Gasteiger partial charge is 0.328 e. The summed E-state index contributed by atoms with van der Waals surface area (Å²) in [6.07, 6.45) is 5.35. The Hall–Kier alpha value is -2.83. The first-order chi connectivity index (χ1) is 16.0. The van der Waals surface area contributed by atoms with Gasteiger partial charge in [-0.15, -0.1) is 0 Å². The normalized spacial score (nSPS) is 25.0. The van der Waals surface area contributed by atoms with Gasteiger partial charge in [-0.1, -0.05) is 31.2 Å². The molecule has 2 aromatic carbocycles. The van der Waals surface area contributed by atoms with Crippen LogP contribution in [0.2, 0.25) is 0 Å². The Labute approximate surface area is 192 Å². The Morgan fingerprint density at radius 3 is 2.67 bits per heavy atom. The third-order valence-corrected chi connectivity index (χ3v) is 7.19. The monoisotopic (exact) mass is 451 g/mol. The molecule has 0 unspecified atom stereocenters. The molecule has 3 atom stereocenters. The number of carbonyl (C=O) groups is 1. The molecule has 0 radical (unpaired) electrons. The molecular weight excluding hydrogens is 424 g/mol. The van der Waals surface area contributed by atoms with Crippen LogP contribution in [0.4, 0.5) is 8.78 Å². The van der Waals surface area contributed by atoms with Crippen LogP contribution in [0, 0.1) is 11.6 Å². The SMILES string of the molecule is CC[C@@H]1CC2=C(Cc3ccccc32)[C@@H](c2c(F)cc(/C=C/C(=O)O)cc2F)N1[C@@H]1CCOC1. The summed E-state index contributed by atoms with van der Waals surface area (Å²) < 4.78 is 36.9. The molecule has 1 fully saturated rings. The van der Waals surface area contributed by atoms with Crippen LogP contribution >= 0.6 is 0 Å². The molecule has 0 amide bonds. The summed E-state index contributed by atoms with van der Waals surface area (Å²) in [4.78, 5) is 13.1. The van der Waals surface area contributed by atoms with Gasteiger partial charge in [0, 0.05) is 30.3 Å². The van der Waals surface area contributed by atoms with E-state index in [-0.39, 0.29) is 23.2 Å². The first-order valence-corrected chi connectivity index (χ1v) is 11.5. The molecular formula is C27H27F2NO3. The second-order valence-electron chi connectivity index (χ2n) is 9.04. The minimum Gasteiger partial charge on any atom is -0.478 e. The third-order valence-electron chi connectivity index (χ3n) is 7.19. The molecule has 2 heterocycles. The molecule has 5 rings (SSSR count). The van der Waals surface area contributed by atoms with Crippen LogP contribution in [-0.2, 0) is 16.0 Å². The number of rotatable bonds is 5. The number of halogens is 2. The van der Waals surface area contributed by atoms with Crippen molar-refractivity contribution < 1.29 is 23.4 Å². The summed E-state index contributed by atoms with van der Waals surface area (Å²) in [5.74, 6) is -2.45. The molecule has 3 aliphatic rings. The Kier molecular flexibility index (Phi) is 5.89. The number of carboxylic acid groups (broad SMARTS) is 1. The van der Waals surface area contributed by atoms with Gasteiger partial charge in [0.05, 0.1) is 12.6 Å². The third kappa shape index (κ3) is 3.91. The summed E-state index contributed by atoms with van der Waals surface area (Å²) >= 11 is 0. The molecule has 0 bridgehead atoms. The predicted octanol–water partition coefficient (Wildman–Crippen LogP) is 5.39. The molecule has 172 valence electrons. The minimum atomic E-state index is -1.16. The van der Waals surface area contributed by atoms with Crippen molar-refractivity contribution >= 4 is 17.6 Å². The van der Waals surface area contributed by atoms with E-state index >= 15 is 8.78 Å². The first-order valence-electron chi connectivity index (χ1n) is 11.5. The number of hydrogen-bond acceptors (Lipinski definition) is 3. The average Bonchev–Trinajstić information content (AvgIpc) is 3.44. The van der Waals surface area contributed by atoms with Gasteiger partial charge in [-0.2, -0.15) is 0 Å². The van der Waals surface area contributed by atoms with E-state index in [0.29, 0.717) is 19.6 Å². The highest BCUT2D eigenvalue weighted by molar-refractivity contribution is 5.85. The van der Waals surface area contributed by atoms with Crippen molar-refractivity contribution in [1.29, 1.82) is 0 Å². The second-order valence-corrected chi connectivity index (χ2v) is 9.04. The largest absolute Gasteiger partial charge is 0.478 e. The lowest BCUT2D eigenvalue weighted by Crippen LogP contribution is -2.49. The van der Waals surface area contributed by atoms with Crippen LogP contribution in [0.1, 0.15) is 54.5 Å². The van der Waals surface area contributed by atoms with E-state index in [1.165, 1.54) is 34.9 Å². The fraction of sp³-hybridized carbons (Fsp3) is 0.370. The Balaban J connectivity index is 1.66. The van der Waals surface area contributed by atoms with E-state index in [0.717, 1.165) is 30.9 Å². The topological polar surface area (TPSA) is 49.8 Å². The zero-order chi connectivity index (χ0) is 23.1. The maximum atomic E-state index is 15.6. The van der Waals surface area contributed by atoms with Crippen LogP contribution < -0.4 is 0 Å². The summed E-state index contributed by atoms with van der Waals surface area (Å²) in [7, 11) is 0. The van der Waals surface area contributed by atoms with Gasteiger partial charge in [0.25, 0.3) is 0 Å². The zero-order valence-corrected chi connectivity index (χ0v) is 18.6.